The van der Waals surface area contributed by atoms with Crippen molar-refractivity contribution in [3.63, 3.8) is 0 Å². The second-order valence-electron chi connectivity index (χ2n) is 4.08. The molecule has 0 aromatic heterocycles. The average molecular weight is 220 g/mol. The van der Waals surface area contributed by atoms with Crippen LogP contribution < -0.4 is 0 Å². The summed E-state index contributed by atoms with van der Waals surface area (Å²) >= 11 is 0. The Bertz CT molecular complexity index is 621. The number of fused-ring (bicyclic) bond motifs is 2. The Morgan fingerprint density at radius 1 is 0.588 bits per heavy atom. The summed E-state index contributed by atoms with van der Waals surface area (Å²) in [6.07, 6.45) is 8.12. The molecule has 0 radical (unpaired) electrons. The summed E-state index contributed by atoms with van der Waals surface area (Å²) in [7, 11) is 0. The van der Waals surface area contributed by atoms with Gasteiger partial charge in [-0.1, -0.05) is 60.7 Å². The van der Waals surface area contributed by atoms with E-state index >= 15 is 0 Å². The lowest BCUT2D eigenvalue weighted by atomic mass is 9.98. The highest BCUT2D eigenvalue weighted by atomic mass is 16.3. The second-order valence-corrected chi connectivity index (χ2v) is 4.08. The number of benzene rings is 2. The Kier molecular flexibility index (Phi) is 2.30. The van der Waals surface area contributed by atoms with Gasteiger partial charge in [0.2, 0.25) is 0 Å². The zero-order chi connectivity index (χ0) is 11.7. The summed E-state index contributed by atoms with van der Waals surface area (Å²) in [6.45, 7) is 0. The summed E-state index contributed by atoms with van der Waals surface area (Å²) in [5.74, 6) is 0.322. The molecule has 0 heterocycles. The molecular formula is C16H12O. The minimum Gasteiger partial charge on any atom is -0.507 e. The molecule has 0 amide bonds. The molecule has 82 valence electrons. The molecule has 0 bridgehead atoms. The van der Waals surface area contributed by atoms with Gasteiger partial charge in [-0.3, -0.25) is 0 Å². The van der Waals surface area contributed by atoms with E-state index in [0.29, 0.717) is 5.75 Å². The van der Waals surface area contributed by atoms with Crippen LogP contribution in [0.1, 0.15) is 22.3 Å². The molecule has 0 saturated carbocycles. The van der Waals surface area contributed by atoms with Crippen LogP contribution in [0, 0.1) is 0 Å². The van der Waals surface area contributed by atoms with Crippen molar-refractivity contribution in [2.45, 2.75) is 0 Å². The minimum absolute atomic E-state index is 0.322. The Labute approximate surface area is 100 Å². The number of phenols is 1. The molecule has 1 heteroatoms. The molecular weight excluding hydrogens is 208 g/mol. The Hall–Kier alpha value is -2.28. The van der Waals surface area contributed by atoms with E-state index in [0.717, 1.165) is 16.7 Å². The van der Waals surface area contributed by atoms with Crippen molar-refractivity contribution >= 4 is 24.3 Å². The van der Waals surface area contributed by atoms with E-state index in [4.69, 9.17) is 0 Å². The van der Waals surface area contributed by atoms with Gasteiger partial charge >= 0.3 is 0 Å². The van der Waals surface area contributed by atoms with E-state index in [1.807, 2.05) is 42.5 Å². The first-order valence-electron chi connectivity index (χ1n) is 5.62. The third kappa shape index (κ3) is 1.76. The summed E-state index contributed by atoms with van der Waals surface area (Å²) in [4.78, 5) is 0. The standard InChI is InChI=1S/C16H12O/c17-16-7-3-6-14-9-8-12-4-1-2-5-13(12)10-11-15(14)16/h1-11,17H. The molecule has 1 nitrogen and oxygen atoms in total. The Morgan fingerprint density at radius 3 is 1.94 bits per heavy atom. The highest BCUT2D eigenvalue weighted by molar-refractivity contribution is 5.87. The van der Waals surface area contributed by atoms with Gasteiger partial charge in [0, 0.05) is 5.56 Å². The topological polar surface area (TPSA) is 20.2 Å². The van der Waals surface area contributed by atoms with Gasteiger partial charge in [-0.25, -0.2) is 0 Å². The van der Waals surface area contributed by atoms with Crippen LogP contribution >= 0.6 is 0 Å². The molecule has 0 saturated heterocycles. The van der Waals surface area contributed by atoms with Crippen molar-refractivity contribution in [2.24, 2.45) is 0 Å². The number of rotatable bonds is 0. The van der Waals surface area contributed by atoms with Crippen molar-refractivity contribution in [3.05, 3.63) is 64.7 Å². The first-order valence-corrected chi connectivity index (χ1v) is 5.62. The molecule has 0 spiro atoms. The van der Waals surface area contributed by atoms with E-state index in [2.05, 4.69) is 18.2 Å². The molecule has 0 unspecified atom stereocenters. The van der Waals surface area contributed by atoms with Gasteiger partial charge in [-0.05, 0) is 22.8 Å². The Morgan fingerprint density at radius 2 is 1.18 bits per heavy atom. The van der Waals surface area contributed by atoms with Crippen LogP contribution in [0.4, 0.5) is 0 Å². The van der Waals surface area contributed by atoms with Crippen molar-refractivity contribution in [3.8, 4) is 5.75 Å². The number of aromatic hydroxyl groups is 1. The molecule has 1 aliphatic rings. The summed E-state index contributed by atoms with van der Waals surface area (Å²) in [5, 5.41) is 9.84. The van der Waals surface area contributed by atoms with Gasteiger partial charge in [-0.15, -0.1) is 0 Å². The van der Waals surface area contributed by atoms with Crippen LogP contribution in [0.15, 0.2) is 42.5 Å². The lowest BCUT2D eigenvalue weighted by Crippen LogP contribution is -1.86. The maximum Gasteiger partial charge on any atom is 0.123 e. The predicted molar refractivity (Wildman–Crippen MR) is 72.4 cm³/mol. The molecule has 0 aliphatic heterocycles. The van der Waals surface area contributed by atoms with E-state index in [1.165, 1.54) is 5.56 Å². The number of phenolic OH excluding ortho intramolecular Hbond substituents is 1. The summed E-state index contributed by atoms with van der Waals surface area (Å²) < 4.78 is 0. The van der Waals surface area contributed by atoms with Gasteiger partial charge in [0.05, 0.1) is 0 Å². The molecule has 1 aliphatic carbocycles. The quantitative estimate of drug-likeness (QED) is 0.606. The zero-order valence-corrected chi connectivity index (χ0v) is 9.30. The van der Waals surface area contributed by atoms with Gasteiger partial charge in [0.25, 0.3) is 0 Å². The van der Waals surface area contributed by atoms with Crippen LogP contribution in [0.5, 0.6) is 5.75 Å². The molecule has 3 rings (SSSR count). The fraction of sp³-hybridized carbons (Fsp3) is 0. The molecule has 1 N–H and O–H groups in total. The van der Waals surface area contributed by atoms with Crippen molar-refractivity contribution in [1.29, 1.82) is 0 Å². The third-order valence-electron chi connectivity index (χ3n) is 2.98. The zero-order valence-electron chi connectivity index (χ0n) is 9.30. The first-order chi connectivity index (χ1) is 8.34. The smallest absolute Gasteiger partial charge is 0.123 e. The van der Waals surface area contributed by atoms with Gasteiger partial charge in [0.15, 0.2) is 0 Å². The van der Waals surface area contributed by atoms with E-state index in [1.54, 1.807) is 6.07 Å². The molecule has 2 aromatic rings. The maximum atomic E-state index is 9.84. The minimum atomic E-state index is 0.322. The number of hydrogen-bond acceptors (Lipinski definition) is 1. The second kappa shape index (κ2) is 3.95. The lowest BCUT2D eigenvalue weighted by molar-refractivity contribution is 0.474. The molecule has 17 heavy (non-hydrogen) atoms. The van der Waals surface area contributed by atoms with Crippen LogP contribution in [-0.2, 0) is 0 Å². The third-order valence-corrected chi connectivity index (χ3v) is 2.98. The monoisotopic (exact) mass is 220 g/mol. The predicted octanol–water partition coefficient (Wildman–Crippen LogP) is 4.05. The summed E-state index contributed by atoms with van der Waals surface area (Å²) in [6, 6.07) is 13.8. The van der Waals surface area contributed by atoms with E-state index in [9.17, 15) is 5.11 Å². The van der Waals surface area contributed by atoms with Crippen LogP contribution in [0.2, 0.25) is 0 Å². The molecule has 0 fully saturated rings. The Balaban J connectivity index is 2.21. The van der Waals surface area contributed by atoms with Crippen molar-refractivity contribution in [1.82, 2.24) is 0 Å². The number of hydrogen-bond donors (Lipinski definition) is 1. The first kappa shape index (κ1) is 9.91. The molecule has 2 aromatic carbocycles. The lowest BCUT2D eigenvalue weighted by Gasteiger charge is -2.08. The normalized spacial score (nSPS) is 12.5. The average Bonchev–Trinajstić information content (AvgIpc) is 2.33. The highest BCUT2D eigenvalue weighted by Gasteiger charge is 2.05. The SMILES string of the molecule is Oc1cccc2c1C=Cc1ccccc1C=C2. The largest absolute Gasteiger partial charge is 0.507 e. The van der Waals surface area contributed by atoms with Gasteiger partial charge < -0.3 is 5.11 Å². The highest BCUT2D eigenvalue weighted by Crippen LogP contribution is 2.28. The van der Waals surface area contributed by atoms with Crippen LogP contribution in [-0.4, -0.2) is 5.11 Å². The summed E-state index contributed by atoms with van der Waals surface area (Å²) in [5.41, 5.74) is 4.27. The van der Waals surface area contributed by atoms with Crippen molar-refractivity contribution in [2.75, 3.05) is 0 Å². The van der Waals surface area contributed by atoms with Gasteiger partial charge in [0.1, 0.15) is 5.75 Å². The van der Waals surface area contributed by atoms with E-state index in [-0.39, 0.29) is 0 Å². The maximum absolute atomic E-state index is 9.84. The van der Waals surface area contributed by atoms with E-state index < -0.39 is 0 Å². The fourth-order valence-corrected chi connectivity index (χ4v) is 2.06. The molecule has 0 atom stereocenters. The van der Waals surface area contributed by atoms with Gasteiger partial charge in [-0.2, -0.15) is 0 Å². The fourth-order valence-electron chi connectivity index (χ4n) is 2.06. The van der Waals surface area contributed by atoms with Crippen LogP contribution in [0.25, 0.3) is 24.3 Å². The van der Waals surface area contributed by atoms with Crippen LogP contribution in [0.3, 0.4) is 0 Å². The van der Waals surface area contributed by atoms with Crippen molar-refractivity contribution < 1.29 is 5.11 Å².